The number of anilines is 1. The lowest BCUT2D eigenvalue weighted by molar-refractivity contribution is -0.131. The van der Waals surface area contributed by atoms with Gasteiger partial charge in [-0.3, -0.25) is 14.4 Å². The fourth-order valence-corrected chi connectivity index (χ4v) is 2.98. The molecular weight excluding hydrogens is 400 g/mol. The number of rotatable bonds is 6. The lowest BCUT2D eigenvalue weighted by Gasteiger charge is -2.09. The van der Waals surface area contributed by atoms with E-state index in [0.717, 1.165) is 5.56 Å². The fourth-order valence-electron chi connectivity index (χ4n) is 2.72. The average Bonchev–Trinajstić information content (AvgIpc) is 2.73. The molecular formula is C23H20N2O4S. The molecule has 6 nitrogen and oxygen atoms in total. The van der Waals surface area contributed by atoms with Gasteiger partial charge >= 0.3 is 5.97 Å². The summed E-state index contributed by atoms with van der Waals surface area (Å²) >= 11 is 4.29. The van der Waals surface area contributed by atoms with Crippen LogP contribution in [0.4, 0.5) is 5.69 Å². The number of ether oxygens (including phenoxy) is 1. The quantitative estimate of drug-likeness (QED) is 0.319. The maximum atomic E-state index is 12.4. The molecule has 0 fully saturated rings. The highest BCUT2D eigenvalue weighted by atomic mass is 32.1. The van der Waals surface area contributed by atoms with Crippen LogP contribution in [-0.2, 0) is 11.3 Å². The molecule has 0 aliphatic heterocycles. The van der Waals surface area contributed by atoms with Gasteiger partial charge in [0, 0.05) is 29.6 Å². The van der Waals surface area contributed by atoms with Crippen LogP contribution in [0.25, 0.3) is 0 Å². The van der Waals surface area contributed by atoms with E-state index in [9.17, 15) is 14.4 Å². The van der Waals surface area contributed by atoms with Crippen molar-refractivity contribution in [3.63, 3.8) is 0 Å². The molecule has 0 atom stereocenters. The standard InChI is InChI=1S/C23H20N2O4S/c1-15(26)29-19-6-4-5-17(13-19)22(27)25-18-11-9-16(10-12-18)14-24-23(28)20-7-2-3-8-21(20)30/h2-13,30H,14H2,1H3,(H,24,28)(H,25,27). The highest BCUT2D eigenvalue weighted by Crippen LogP contribution is 2.17. The fraction of sp³-hybridized carbons (Fsp3) is 0.0870. The molecule has 3 aromatic rings. The molecule has 0 unspecified atom stereocenters. The highest BCUT2D eigenvalue weighted by molar-refractivity contribution is 7.80. The van der Waals surface area contributed by atoms with Gasteiger partial charge in [0.1, 0.15) is 5.75 Å². The van der Waals surface area contributed by atoms with Crippen molar-refractivity contribution < 1.29 is 19.1 Å². The van der Waals surface area contributed by atoms with Crippen molar-refractivity contribution in [3.05, 3.63) is 89.5 Å². The summed E-state index contributed by atoms with van der Waals surface area (Å²) in [4.78, 5) is 36.4. The van der Waals surface area contributed by atoms with Crippen molar-refractivity contribution in [2.24, 2.45) is 0 Å². The molecule has 3 rings (SSSR count). The predicted octanol–water partition coefficient (Wildman–Crippen LogP) is 4.08. The Morgan fingerprint density at radius 1 is 0.900 bits per heavy atom. The van der Waals surface area contributed by atoms with Crippen LogP contribution in [-0.4, -0.2) is 17.8 Å². The number of benzene rings is 3. The Balaban J connectivity index is 1.58. The average molecular weight is 420 g/mol. The third-order valence-corrected chi connectivity index (χ3v) is 4.56. The molecule has 0 radical (unpaired) electrons. The minimum Gasteiger partial charge on any atom is -0.427 e. The van der Waals surface area contributed by atoms with Crippen LogP contribution in [0.1, 0.15) is 33.2 Å². The van der Waals surface area contributed by atoms with Gasteiger partial charge in [-0.25, -0.2) is 0 Å². The second-order valence-corrected chi connectivity index (χ2v) is 6.95. The maximum absolute atomic E-state index is 12.4. The first-order valence-electron chi connectivity index (χ1n) is 9.17. The SMILES string of the molecule is CC(=O)Oc1cccc(C(=O)Nc2ccc(CNC(=O)c3ccccc3S)cc2)c1. The molecule has 0 bridgehead atoms. The van der Waals surface area contributed by atoms with Crippen LogP contribution in [0.15, 0.2) is 77.7 Å². The molecule has 0 aliphatic rings. The Labute approximate surface area is 179 Å². The minimum atomic E-state index is -0.451. The Bertz CT molecular complexity index is 1080. The second-order valence-electron chi connectivity index (χ2n) is 6.47. The third-order valence-electron chi connectivity index (χ3n) is 4.17. The molecule has 0 aromatic heterocycles. The Hall–Kier alpha value is -3.58. The lowest BCUT2D eigenvalue weighted by Crippen LogP contribution is -2.23. The summed E-state index contributed by atoms with van der Waals surface area (Å²) in [6, 6.07) is 20.6. The zero-order valence-electron chi connectivity index (χ0n) is 16.2. The zero-order valence-corrected chi connectivity index (χ0v) is 17.1. The van der Waals surface area contributed by atoms with Gasteiger partial charge in [0.2, 0.25) is 0 Å². The van der Waals surface area contributed by atoms with E-state index in [1.54, 1.807) is 48.5 Å². The van der Waals surface area contributed by atoms with Gasteiger partial charge in [0.25, 0.3) is 11.8 Å². The van der Waals surface area contributed by atoms with E-state index in [1.807, 2.05) is 18.2 Å². The van der Waals surface area contributed by atoms with Gasteiger partial charge in [-0.2, -0.15) is 0 Å². The summed E-state index contributed by atoms with van der Waals surface area (Å²) < 4.78 is 5.00. The molecule has 30 heavy (non-hydrogen) atoms. The van der Waals surface area contributed by atoms with Gasteiger partial charge in [0.05, 0.1) is 5.56 Å². The Morgan fingerprint density at radius 2 is 1.63 bits per heavy atom. The molecule has 0 aliphatic carbocycles. The number of thiol groups is 1. The first-order valence-corrected chi connectivity index (χ1v) is 9.62. The third kappa shape index (κ3) is 5.71. The summed E-state index contributed by atoms with van der Waals surface area (Å²) in [6.07, 6.45) is 0. The van der Waals surface area contributed by atoms with E-state index in [4.69, 9.17) is 4.74 Å². The van der Waals surface area contributed by atoms with Gasteiger partial charge in [0.15, 0.2) is 0 Å². The molecule has 3 aromatic carbocycles. The molecule has 7 heteroatoms. The van der Waals surface area contributed by atoms with Crippen LogP contribution >= 0.6 is 12.6 Å². The Morgan fingerprint density at radius 3 is 2.33 bits per heavy atom. The minimum absolute atomic E-state index is 0.203. The van der Waals surface area contributed by atoms with Crippen LogP contribution < -0.4 is 15.4 Å². The normalized spacial score (nSPS) is 10.2. The number of amides is 2. The maximum Gasteiger partial charge on any atom is 0.308 e. The topological polar surface area (TPSA) is 84.5 Å². The number of nitrogens with one attached hydrogen (secondary N) is 2. The van der Waals surface area contributed by atoms with E-state index in [0.29, 0.717) is 34.0 Å². The summed E-state index contributed by atoms with van der Waals surface area (Å²) in [5, 5.41) is 5.63. The summed E-state index contributed by atoms with van der Waals surface area (Å²) in [7, 11) is 0. The molecule has 0 heterocycles. The summed E-state index contributed by atoms with van der Waals surface area (Å²) in [5.41, 5.74) is 2.37. The first-order chi connectivity index (χ1) is 14.4. The van der Waals surface area contributed by atoms with Crippen molar-refractivity contribution in [2.45, 2.75) is 18.4 Å². The molecule has 2 N–H and O–H groups in total. The van der Waals surface area contributed by atoms with Crippen molar-refractivity contribution in [1.29, 1.82) is 0 Å². The van der Waals surface area contributed by atoms with Crippen LogP contribution in [0.3, 0.4) is 0 Å². The summed E-state index contributed by atoms with van der Waals surface area (Å²) in [5.74, 6) is -0.668. The lowest BCUT2D eigenvalue weighted by atomic mass is 10.1. The highest BCUT2D eigenvalue weighted by Gasteiger charge is 2.10. The van der Waals surface area contributed by atoms with Crippen molar-refractivity contribution in [3.8, 4) is 5.75 Å². The summed E-state index contributed by atoms with van der Waals surface area (Å²) in [6.45, 7) is 1.65. The predicted molar refractivity (Wildman–Crippen MR) is 117 cm³/mol. The van der Waals surface area contributed by atoms with Gasteiger partial charge < -0.3 is 15.4 Å². The van der Waals surface area contributed by atoms with Crippen molar-refractivity contribution in [1.82, 2.24) is 5.32 Å². The zero-order chi connectivity index (χ0) is 21.5. The number of hydrogen-bond donors (Lipinski definition) is 3. The van der Waals surface area contributed by atoms with Gasteiger partial charge in [-0.15, -0.1) is 12.6 Å². The second kappa shape index (κ2) is 9.76. The monoisotopic (exact) mass is 420 g/mol. The van der Waals surface area contributed by atoms with E-state index in [2.05, 4.69) is 23.3 Å². The molecule has 0 spiro atoms. The van der Waals surface area contributed by atoms with Crippen LogP contribution in [0, 0.1) is 0 Å². The van der Waals surface area contributed by atoms with Gasteiger partial charge in [-0.1, -0.05) is 30.3 Å². The first kappa shape index (κ1) is 21.1. The molecule has 0 saturated carbocycles. The van der Waals surface area contributed by atoms with E-state index in [-0.39, 0.29) is 11.8 Å². The molecule has 152 valence electrons. The van der Waals surface area contributed by atoms with E-state index in [1.165, 1.54) is 13.0 Å². The molecule has 0 saturated heterocycles. The number of carbonyl (C=O) groups excluding carboxylic acids is 3. The largest absolute Gasteiger partial charge is 0.427 e. The van der Waals surface area contributed by atoms with Crippen LogP contribution in [0.2, 0.25) is 0 Å². The number of carbonyl (C=O) groups is 3. The van der Waals surface area contributed by atoms with E-state index < -0.39 is 5.97 Å². The van der Waals surface area contributed by atoms with Gasteiger partial charge in [-0.05, 0) is 48.0 Å². The van der Waals surface area contributed by atoms with Crippen LogP contribution in [0.5, 0.6) is 5.75 Å². The Kier molecular flexibility index (Phi) is 6.87. The number of esters is 1. The van der Waals surface area contributed by atoms with Crippen molar-refractivity contribution in [2.75, 3.05) is 5.32 Å². The number of hydrogen-bond acceptors (Lipinski definition) is 5. The van der Waals surface area contributed by atoms with E-state index >= 15 is 0 Å². The smallest absolute Gasteiger partial charge is 0.308 e. The molecule has 2 amide bonds. The van der Waals surface area contributed by atoms with Crippen molar-refractivity contribution >= 4 is 36.1 Å².